The minimum atomic E-state index is -1.44. The van der Waals surface area contributed by atoms with Crippen molar-refractivity contribution in [3.63, 3.8) is 0 Å². The lowest BCUT2D eigenvalue weighted by molar-refractivity contribution is -0.180. The van der Waals surface area contributed by atoms with Crippen molar-refractivity contribution in [2.24, 2.45) is 0 Å². The van der Waals surface area contributed by atoms with Gasteiger partial charge in [0, 0.05) is 17.1 Å². The lowest BCUT2D eigenvalue weighted by Gasteiger charge is -2.22. The molecule has 0 N–H and O–H groups in total. The number of carbonyl (C=O) groups excluding carboxylic acids is 1. The van der Waals surface area contributed by atoms with Gasteiger partial charge in [-0.05, 0) is 36.8 Å². The summed E-state index contributed by atoms with van der Waals surface area (Å²) in [5, 5.41) is 1.62. The number of fused-ring (bicyclic) bond motifs is 2. The highest BCUT2D eigenvalue weighted by Gasteiger charge is 2.56. The van der Waals surface area contributed by atoms with Gasteiger partial charge in [0.25, 0.3) is 11.7 Å². The second-order valence-electron chi connectivity index (χ2n) is 6.30. The van der Waals surface area contributed by atoms with E-state index in [2.05, 4.69) is 0 Å². The van der Waals surface area contributed by atoms with Crippen LogP contribution in [-0.4, -0.2) is 32.3 Å². The van der Waals surface area contributed by atoms with E-state index in [4.69, 9.17) is 60.6 Å². The number of nitrogens with zero attached hydrogens (tertiary/aromatic N) is 1. The molecule has 1 spiro atoms. The molecule has 4 rings (SSSR count). The van der Waals surface area contributed by atoms with Crippen molar-refractivity contribution in [3.8, 4) is 5.75 Å². The van der Waals surface area contributed by atoms with Crippen molar-refractivity contribution in [2.75, 3.05) is 31.3 Å². The zero-order chi connectivity index (χ0) is 19.9. The van der Waals surface area contributed by atoms with E-state index < -0.39 is 5.79 Å². The molecule has 1 amide bonds. The maximum atomic E-state index is 13.1. The molecular weight excluding hydrogens is 448 g/mol. The quantitative estimate of drug-likeness (QED) is 0.564. The van der Waals surface area contributed by atoms with Gasteiger partial charge in [-0.15, -0.1) is 0 Å². The number of halogens is 4. The summed E-state index contributed by atoms with van der Waals surface area (Å²) in [4.78, 5) is 14.6. The van der Waals surface area contributed by atoms with E-state index in [0.29, 0.717) is 69.9 Å². The van der Waals surface area contributed by atoms with Crippen molar-refractivity contribution < 1.29 is 19.0 Å². The molecular formula is C19H15Cl4NO4. The summed E-state index contributed by atoms with van der Waals surface area (Å²) in [5.74, 6) is -1.22. The summed E-state index contributed by atoms with van der Waals surface area (Å²) >= 11 is 24.6. The van der Waals surface area contributed by atoms with E-state index in [1.165, 1.54) is 0 Å². The molecule has 0 unspecified atom stereocenters. The summed E-state index contributed by atoms with van der Waals surface area (Å²) in [7, 11) is 0. The topological polar surface area (TPSA) is 48.0 Å². The molecule has 2 heterocycles. The largest absolute Gasteiger partial charge is 0.492 e. The Morgan fingerprint density at radius 1 is 1.04 bits per heavy atom. The summed E-state index contributed by atoms with van der Waals surface area (Å²) < 4.78 is 17.1. The van der Waals surface area contributed by atoms with Crippen LogP contribution in [0.4, 0.5) is 5.69 Å². The van der Waals surface area contributed by atoms with E-state index in [9.17, 15) is 4.79 Å². The molecule has 0 atom stereocenters. The number of amides is 1. The first-order valence-electron chi connectivity index (χ1n) is 8.60. The van der Waals surface area contributed by atoms with Crippen LogP contribution < -0.4 is 9.64 Å². The first-order chi connectivity index (χ1) is 13.4. The molecule has 2 aromatic carbocycles. The second kappa shape index (κ2) is 7.90. The van der Waals surface area contributed by atoms with Gasteiger partial charge in [0.05, 0.1) is 40.6 Å². The number of rotatable bonds is 5. The van der Waals surface area contributed by atoms with Gasteiger partial charge in [0.15, 0.2) is 0 Å². The van der Waals surface area contributed by atoms with Crippen LogP contribution in [0.25, 0.3) is 0 Å². The molecule has 0 saturated carbocycles. The van der Waals surface area contributed by atoms with Gasteiger partial charge < -0.3 is 19.1 Å². The molecule has 5 nitrogen and oxygen atoms in total. The first kappa shape index (κ1) is 20.1. The molecule has 0 aromatic heterocycles. The van der Waals surface area contributed by atoms with Crippen molar-refractivity contribution >= 4 is 58.0 Å². The fourth-order valence-electron chi connectivity index (χ4n) is 3.37. The fraction of sp³-hybridized carbons (Fsp3) is 0.316. The van der Waals surface area contributed by atoms with Crippen molar-refractivity contribution in [1.29, 1.82) is 0 Å². The zero-order valence-electron chi connectivity index (χ0n) is 14.5. The molecule has 0 bridgehead atoms. The Balaban J connectivity index is 1.50. The van der Waals surface area contributed by atoms with Crippen LogP contribution in [0.2, 0.25) is 20.1 Å². The average molecular weight is 463 g/mol. The number of benzene rings is 2. The number of hydrogen-bond acceptors (Lipinski definition) is 4. The molecule has 9 heteroatoms. The molecule has 2 aliphatic heterocycles. The van der Waals surface area contributed by atoms with Crippen molar-refractivity contribution in [2.45, 2.75) is 12.2 Å². The molecule has 2 aliphatic rings. The van der Waals surface area contributed by atoms with Gasteiger partial charge in [0.2, 0.25) is 0 Å². The Bertz CT molecular complexity index is 930. The van der Waals surface area contributed by atoms with E-state index in [1.54, 1.807) is 35.2 Å². The van der Waals surface area contributed by atoms with Crippen molar-refractivity contribution in [1.82, 2.24) is 0 Å². The van der Waals surface area contributed by atoms with Gasteiger partial charge >= 0.3 is 0 Å². The van der Waals surface area contributed by atoms with Crippen LogP contribution in [0.1, 0.15) is 12.0 Å². The van der Waals surface area contributed by atoms with Crippen LogP contribution in [0.5, 0.6) is 5.75 Å². The maximum absolute atomic E-state index is 13.1. The normalized spacial score (nSPS) is 17.4. The van der Waals surface area contributed by atoms with Crippen LogP contribution in [0.3, 0.4) is 0 Å². The predicted molar refractivity (Wildman–Crippen MR) is 109 cm³/mol. The highest BCUT2D eigenvalue weighted by Crippen LogP contribution is 2.50. The summed E-state index contributed by atoms with van der Waals surface area (Å²) in [5.41, 5.74) is 1.09. The molecule has 1 fully saturated rings. The van der Waals surface area contributed by atoms with E-state index in [1.807, 2.05) is 0 Å². The lowest BCUT2D eigenvalue weighted by Crippen LogP contribution is -2.41. The third kappa shape index (κ3) is 3.34. The minimum Gasteiger partial charge on any atom is -0.492 e. The molecule has 1 saturated heterocycles. The zero-order valence-corrected chi connectivity index (χ0v) is 17.5. The average Bonchev–Trinajstić information content (AvgIpc) is 3.24. The molecule has 28 heavy (non-hydrogen) atoms. The smallest absolute Gasteiger partial charge is 0.292 e. The highest BCUT2D eigenvalue weighted by atomic mass is 35.5. The molecule has 0 radical (unpaired) electrons. The molecule has 2 aromatic rings. The van der Waals surface area contributed by atoms with Crippen LogP contribution >= 0.6 is 46.4 Å². The van der Waals surface area contributed by atoms with Crippen molar-refractivity contribution in [3.05, 3.63) is 56.0 Å². The summed E-state index contributed by atoms with van der Waals surface area (Å²) in [6, 6.07) is 8.36. The summed E-state index contributed by atoms with van der Waals surface area (Å²) in [6.07, 6.45) is 0.531. The van der Waals surface area contributed by atoms with E-state index in [-0.39, 0.29) is 5.91 Å². The molecule has 0 aliphatic carbocycles. The Morgan fingerprint density at radius 3 is 2.50 bits per heavy atom. The van der Waals surface area contributed by atoms with E-state index >= 15 is 0 Å². The first-order valence-corrected chi connectivity index (χ1v) is 10.1. The monoisotopic (exact) mass is 461 g/mol. The maximum Gasteiger partial charge on any atom is 0.292 e. The standard InChI is InChI=1S/C19H15Cl4NO4/c20-11-2-5-15(14(22)10-11)26-7-1-6-24-17-12(3-4-13(21)16(17)23)19(18(24)25)27-8-9-28-19/h2-5,10H,1,6-9H2. The van der Waals surface area contributed by atoms with Crippen LogP contribution in [-0.2, 0) is 20.1 Å². The third-order valence-electron chi connectivity index (χ3n) is 4.59. The van der Waals surface area contributed by atoms with Gasteiger partial charge in [-0.3, -0.25) is 4.79 Å². The minimum absolute atomic E-state index is 0.296. The van der Waals surface area contributed by atoms with Crippen LogP contribution in [0, 0.1) is 0 Å². The Morgan fingerprint density at radius 2 is 1.79 bits per heavy atom. The third-order valence-corrected chi connectivity index (χ3v) is 5.92. The fourth-order valence-corrected chi connectivity index (χ4v) is 4.25. The van der Waals surface area contributed by atoms with Gasteiger partial charge in [-0.2, -0.15) is 0 Å². The Kier molecular flexibility index (Phi) is 5.67. The number of anilines is 1. The van der Waals surface area contributed by atoms with E-state index in [0.717, 1.165) is 0 Å². The Hall–Kier alpha value is -1.21. The molecule has 148 valence electrons. The second-order valence-corrected chi connectivity index (χ2v) is 7.93. The lowest BCUT2D eigenvalue weighted by atomic mass is 10.1. The summed E-state index contributed by atoms with van der Waals surface area (Å²) in [6.45, 7) is 1.35. The van der Waals surface area contributed by atoms with Crippen LogP contribution in [0.15, 0.2) is 30.3 Å². The van der Waals surface area contributed by atoms with Gasteiger partial charge in [-0.1, -0.05) is 46.4 Å². The van der Waals surface area contributed by atoms with Gasteiger partial charge in [-0.25, -0.2) is 0 Å². The number of hydrogen-bond donors (Lipinski definition) is 0. The Labute approximate surface area is 182 Å². The van der Waals surface area contributed by atoms with Gasteiger partial charge in [0.1, 0.15) is 5.75 Å². The highest BCUT2D eigenvalue weighted by molar-refractivity contribution is 6.44. The number of ether oxygens (including phenoxy) is 3. The predicted octanol–water partition coefficient (Wildman–Crippen LogP) is 5.32. The SMILES string of the molecule is O=C1N(CCCOc2ccc(Cl)cc2Cl)c2c(ccc(Cl)c2Cl)C12OCCO2. The number of carbonyl (C=O) groups is 1.